The van der Waals surface area contributed by atoms with Crippen molar-refractivity contribution in [2.75, 3.05) is 19.0 Å². The predicted molar refractivity (Wildman–Crippen MR) is 104 cm³/mol. The van der Waals surface area contributed by atoms with E-state index in [2.05, 4.69) is 60.4 Å². The van der Waals surface area contributed by atoms with Crippen molar-refractivity contribution in [3.8, 4) is 5.75 Å². The minimum Gasteiger partial charge on any atom is -0.497 e. The Hall–Kier alpha value is -2.63. The zero-order valence-electron chi connectivity index (χ0n) is 16.2. The van der Waals surface area contributed by atoms with E-state index in [0.717, 1.165) is 36.0 Å². The van der Waals surface area contributed by atoms with Gasteiger partial charge in [-0.1, -0.05) is 39.8 Å². The first-order valence-corrected chi connectivity index (χ1v) is 8.99. The van der Waals surface area contributed by atoms with E-state index in [0.29, 0.717) is 5.92 Å². The third-order valence-corrected chi connectivity index (χ3v) is 4.50. The van der Waals surface area contributed by atoms with Gasteiger partial charge in [0.15, 0.2) is 11.5 Å². The van der Waals surface area contributed by atoms with Crippen LogP contribution < -0.4 is 10.1 Å². The summed E-state index contributed by atoms with van der Waals surface area (Å²) in [6, 6.07) is 12.2. The number of hydrogen-bond donors (Lipinski definition) is 1. The van der Waals surface area contributed by atoms with E-state index in [1.165, 1.54) is 5.56 Å². The van der Waals surface area contributed by atoms with Gasteiger partial charge in [-0.3, -0.25) is 0 Å². The van der Waals surface area contributed by atoms with Crippen molar-refractivity contribution in [2.45, 2.75) is 45.4 Å². The van der Waals surface area contributed by atoms with Crippen LogP contribution >= 0.6 is 0 Å². The second-order valence-corrected chi connectivity index (χ2v) is 7.65. The average Bonchev–Trinajstić information content (AvgIpc) is 3.05. The molecule has 0 aliphatic heterocycles. The molecule has 1 N–H and O–H groups in total. The fourth-order valence-corrected chi connectivity index (χ4v) is 2.87. The molecule has 0 aliphatic rings. The van der Waals surface area contributed by atoms with Crippen LogP contribution in [0, 0.1) is 0 Å². The lowest BCUT2D eigenvalue weighted by Crippen LogP contribution is -2.18. The summed E-state index contributed by atoms with van der Waals surface area (Å²) in [5.41, 5.74) is 1.98. The van der Waals surface area contributed by atoms with Crippen molar-refractivity contribution in [3.05, 3.63) is 47.8 Å². The van der Waals surface area contributed by atoms with Crippen LogP contribution in [-0.4, -0.2) is 33.5 Å². The number of anilines is 1. The summed E-state index contributed by atoms with van der Waals surface area (Å²) in [6.45, 7) is 9.42. The maximum atomic E-state index is 5.22. The van der Waals surface area contributed by atoms with Gasteiger partial charge in [-0.2, -0.15) is 4.52 Å². The van der Waals surface area contributed by atoms with Gasteiger partial charge in [0.2, 0.25) is 0 Å². The molecule has 6 heteroatoms. The van der Waals surface area contributed by atoms with Crippen molar-refractivity contribution in [1.82, 2.24) is 19.8 Å². The van der Waals surface area contributed by atoms with Crippen LogP contribution in [-0.2, 0) is 5.41 Å². The molecule has 2 aromatic heterocycles. The Kier molecular flexibility index (Phi) is 5.11. The summed E-state index contributed by atoms with van der Waals surface area (Å²) in [7, 11) is 1.69. The minimum absolute atomic E-state index is 0.103. The molecule has 0 fully saturated rings. The fraction of sp³-hybridized carbons (Fsp3) is 0.450. The molecule has 26 heavy (non-hydrogen) atoms. The topological polar surface area (TPSA) is 64.3 Å². The molecule has 138 valence electrons. The van der Waals surface area contributed by atoms with Crippen molar-refractivity contribution >= 4 is 11.5 Å². The standard InChI is InChI=1S/C20H27N5O/c1-14(15-6-8-16(26-5)9-7-15)12-13-21-17-10-11-18-22-23-19(20(2,3)4)25(18)24-17/h6-11,14H,12-13H2,1-5H3,(H,21,24). The summed E-state index contributed by atoms with van der Waals surface area (Å²) < 4.78 is 7.05. The molecule has 0 bridgehead atoms. The zero-order chi connectivity index (χ0) is 18.7. The van der Waals surface area contributed by atoms with E-state index in [9.17, 15) is 0 Å². The van der Waals surface area contributed by atoms with E-state index in [4.69, 9.17) is 4.74 Å². The van der Waals surface area contributed by atoms with Crippen molar-refractivity contribution in [2.24, 2.45) is 0 Å². The van der Waals surface area contributed by atoms with Gasteiger partial charge in [0.1, 0.15) is 11.6 Å². The summed E-state index contributed by atoms with van der Waals surface area (Å²) >= 11 is 0. The predicted octanol–water partition coefficient (Wildman–Crippen LogP) is 4.04. The molecule has 0 amide bonds. The first kappa shape index (κ1) is 18.2. The Balaban J connectivity index is 1.64. The Morgan fingerprint density at radius 2 is 1.81 bits per heavy atom. The van der Waals surface area contributed by atoms with Crippen molar-refractivity contribution < 1.29 is 4.74 Å². The lowest BCUT2D eigenvalue weighted by molar-refractivity contribution is 0.414. The molecule has 0 spiro atoms. The van der Waals surface area contributed by atoms with E-state index < -0.39 is 0 Å². The number of hydrogen-bond acceptors (Lipinski definition) is 5. The zero-order valence-corrected chi connectivity index (χ0v) is 16.2. The monoisotopic (exact) mass is 353 g/mol. The lowest BCUT2D eigenvalue weighted by Gasteiger charge is -2.16. The van der Waals surface area contributed by atoms with Crippen LogP contribution in [0.3, 0.4) is 0 Å². The molecular formula is C20H27N5O. The first-order chi connectivity index (χ1) is 12.4. The number of methoxy groups -OCH3 is 1. The third kappa shape index (κ3) is 3.95. The van der Waals surface area contributed by atoms with Crippen LogP contribution in [0.25, 0.3) is 5.65 Å². The highest BCUT2D eigenvalue weighted by Gasteiger charge is 2.21. The average molecular weight is 353 g/mol. The number of fused-ring (bicyclic) bond motifs is 1. The maximum Gasteiger partial charge on any atom is 0.178 e. The molecule has 0 saturated carbocycles. The molecule has 1 unspecified atom stereocenters. The van der Waals surface area contributed by atoms with Crippen molar-refractivity contribution in [3.63, 3.8) is 0 Å². The Morgan fingerprint density at radius 3 is 2.46 bits per heavy atom. The first-order valence-electron chi connectivity index (χ1n) is 8.99. The normalized spacial score (nSPS) is 13.0. The lowest BCUT2D eigenvalue weighted by atomic mass is 9.96. The van der Waals surface area contributed by atoms with Gasteiger partial charge in [-0.25, -0.2) is 0 Å². The molecule has 3 aromatic rings. The molecule has 0 aliphatic carbocycles. The van der Waals surface area contributed by atoms with Crippen LogP contribution in [0.2, 0.25) is 0 Å². The molecule has 1 aromatic carbocycles. The van der Waals surface area contributed by atoms with Gasteiger partial charge in [0, 0.05) is 12.0 Å². The number of nitrogens with zero attached hydrogens (tertiary/aromatic N) is 4. The number of ether oxygens (including phenoxy) is 1. The highest BCUT2D eigenvalue weighted by atomic mass is 16.5. The Bertz CT molecular complexity index is 864. The van der Waals surface area contributed by atoms with E-state index >= 15 is 0 Å². The van der Waals surface area contributed by atoms with Gasteiger partial charge in [0.25, 0.3) is 0 Å². The number of rotatable bonds is 6. The highest BCUT2D eigenvalue weighted by molar-refractivity contribution is 5.44. The second kappa shape index (κ2) is 7.32. The number of benzene rings is 1. The molecular weight excluding hydrogens is 326 g/mol. The van der Waals surface area contributed by atoms with Gasteiger partial charge < -0.3 is 10.1 Å². The van der Waals surface area contributed by atoms with E-state index in [-0.39, 0.29) is 5.41 Å². The summed E-state index contributed by atoms with van der Waals surface area (Å²) in [4.78, 5) is 0. The van der Waals surface area contributed by atoms with Crippen molar-refractivity contribution in [1.29, 1.82) is 0 Å². The number of nitrogens with one attached hydrogen (secondary N) is 1. The second-order valence-electron chi connectivity index (χ2n) is 7.65. The van der Waals surface area contributed by atoms with E-state index in [1.54, 1.807) is 7.11 Å². The summed E-state index contributed by atoms with van der Waals surface area (Å²) in [5, 5.41) is 16.6. The SMILES string of the molecule is COc1ccc(C(C)CCNc2ccc3nnc(C(C)(C)C)n3n2)cc1. The van der Waals surface area contributed by atoms with Crippen LogP contribution in [0.1, 0.15) is 51.4 Å². The molecule has 3 rings (SSSR count). The Labute approximate surface area is 154 Å². The molecule has 6 nitrogen and oxygen atoms in total. The summed E-state index contributed by atoms with van der Waals surface area (Å²) in [6.07, 6.45) is 1.01. The molecule has 1 atom stereocenters. The van der Waals surface area contributed by atoms with Gasteiger partial charge in [-0.05, 0) is 42.2 Å². The molecule has 2 heterocycles. The quantitative estimate of drug-likeness (QED) is 0.725. The summed E-state index contributed by atoms with van der Waals surface area (Å²) in [5.74, 6) is 3.05. The number of aromatic nitrogens is 4. The van der Waals surface area contributed by atoms with Gasteiger partial charge in [0.05, 0.1) is 7.11 Å². The highest BCUT2D eigenvalue weighted by Crippen LogP contribution is 2.23. The Morgan fingerprint density at radius 1 is 1.08 bits per heavy atom. The van der Waals surface area contributed by atoms with Crippen LogP contribution in [0.5, 0.6) is 5.75 Å². The van der Waals surface area contributed by atoms with E-state index in [1.807, 2.05) is 28.8 Å². The van der Waals surface area contributed by atoms with Crippen LogP contribution in [0.4, 0.5) is 5.82 Å². The van der Waals surface area contributed by atoms with Gasteiger partial charge >= 0.3 is 0 Å². The largest absolute Gasteiger partial charge is 0.497 e. The third-order valence-electron chi connectivity index (χ3n) is 4.50. The molecule has 0 saturated heterocycles. The maximum absolute atomic E-state index is 5.22. The fourth-order valence-electron chi connectivity index (χ4n) is 2.87. The minimum atomic E-state index is -0.103. The van der Waals surface area contributed by atoms with Gasteiger partial charge in [-0.15, -0.1) is 15.3 Å². The smallest absolute Gasteiger partial charge is 0.178 e. The molecule has 0 radical (unpaired) electrons. The van der Waals surface area contributed by atoms with Crippen LogP contribution in [0.15, 0.2) is 36.4 Å².